The molecule has 1 saturated heterocycles. The Morgan fingerprint density at radius 3 is 2.54 bits per heavy atom. The van der Waals surface area contributed by atoms with Crippen LogP contribution in [0.2, 0.25) is 0 Å². The minimum Gasteiger partial charge on any atom is -0.354 e. The second kappa shape index (κ2) is 6.18. The van der Waals surface area contributed by atoms with Crippen LogP contribution in [-0.4, -0.2) is 50.7 Å². The van der Waals surface area contributed by atoms with Gasteiger partial charge < -0.3 is 10.2 Å². The zero-order valence-electron chi connectivity index (χ0n) is 14.5. The van der Waals surface area contributed by atoms with Crippen molar-refractivity contribution >= 4 is 11.7 Å². The van der Waals surface area contributed by atoms with Gasteiger partial charge in [0.2, 0.25) is 0 Å². The van der Waals surface area contributed by atoms with Gasteiger partial charge in [0.05, 0.1) is 11.9 Å². The normalized spacial score (nSPS) is 15.2. The number of aryl methyl sites for hydroxylation is 1. The molecule has 128 valence electrons. The standard InChI is InChI=1S/C16H23N7O/c1-16(2,3)13-5-6-14(20-19-13)23-8-11(9-23)7-17-15(24)12-10-22(4)21-18-12/h5-6,10-11H,7-9H2,1-4H3,(H,17,24). The molecular formula is C16H23N7O. The van der Waals surface area contributed by atoms with Crippen molar-refractivity contribution in [3.8, 4) is 0 Å². The van der Waals surface area contributed by atoms with Crippen LogP contribution in [-0.2, 0) is 12.5 Å². The largest absolute Gasteiger partial charge is 0.354 e. The summed E-state index contributed by atoms with van der Waals surface area (Å²) in [5, 5.41) is 19.1. The van der Waals surface area contributed by atoms with Crippen LogP contribution in [0, 0.1) is 5.92 Å². The summed E-state index contributed by atoms with van der Waals surface area (Å²) in [4.78, 5) is 14.1. The fourth-order valence-electron chi connectivity index (χ4n) is 2.56. The third kappa shape index (κ3) is 3.52. The summed E-state index contributed by atoms with van der Waals surface area (Å²) in [6.07, 6.45) is 1.61. The van der Waals surface area contributed by atoms with E-state index in [0.717, 1.165) is 24.6 Å². The Morgan fingerprint density at radius 1 is 1.25 bits per heavy atom. The van der Waals surface area contributed by atoms with E-state index in [2.05, 4.69) is 51.5 Å². The number of aromatic nitrogens is 5. The van der Waals surface area contributed by atoms with Crippen LogP contribution in [0.5, 0.6) is 0 Å². The molecule has 0 radical (unpaired) electrons. The Balaban J connectivity index is 1.46. The lowest BCUT2D eigenvalue weighted by Crippen LogP contribution is -2.52. The van der Waals surface area contributed by atoms with Crippen LogP contribution in [0.4, 0.5) is 5.82 Å². The molecule has 8 heteroatoms. The first-order valence-corrected chi connectivity index (χ1v) is 8.06. The average molecular weight is 329 g/mol. The zero-order valence-corrected chi connectivity index (χ0v) is 14.5. The van der Waals surface area contributed by atoms with E-state index in [1.54, 1.807) is 13.2 Å². The number of nitrogens with one attached hydrogen (secondary N) is 1. The first-order valence-electron chi connectivity index (χ1n) is 8.06. The van der Waals surface area contributed by atoms with Crippen LogP contribution in [0.25, 0.3) is 0 Å². The minimum atomic E-state index is -0.184. The van der Waals surface area contributed by atoms with E-state index in [1.165, 1.54) is 4.68 Å². The van der Waals surface area contributed by atoms with Gasteiger partial charge >= 0.3 is 0 Å². The van der Waals surface area contributed by atoms with E-state index >= 15 is 0 Å². The maximum absolute atomic E-state index is 11.9. The van der Waals surface area contributed by atoms with E-state index in [4.69, 9.17) is 0 Å². The second-order valence-corrected chi connectivity index (χ2v) is 7.29. The topological polar surface area (TPSA) is 88.8 Å². The summed E-state index contributed by atoms with van der Waals surface area (Å²) in [5.74, 6) is 1.12. The van der Waals surface area contributed by atoms with Crippen molar-refractivity contribution in [1.82, 2.24) is 30.5 Å². The van der Waals surface area contributed by atoms with E-state index in [1.807, 2.05) is 12.1 Å². The highest BCUT2D eigenvalue weighted by Gasteiger charge is 2.29. The third-order valence-electron chi connectivity index (χ3n) is 4.09. The SMILES string of the molecule is Cn1cc(C(=O)NCC2CN(c3ccc(C(C)(C)C)nn3)C2)nn1. The summed E-state index contributed by atoms with van der Waals surface area (Å²) in [7, 11) is 1.74. The van der Waals surface area contributed by atoms with Gasteiger partial charge in [-0.3, -0.25) is 9.48 Å². The van der Waals surface area contributed by atoms with Gasteiger partial charge in [-0.25, -0.2) is 0 Å². The van der Waals surface area contributed by atoms with Crippen molar-refractivity contribution in [2.45, 2.75) is 26.2 Å². The lowest BCUT2D eigenvalue weighted by Gasteiger charge is -2.40. The monoisotopic (exact) mass is 329 g/mol. The molecule has 8 nitrogen and oxygen atoms in total. The van der Waals surface area contributed by atoms with Crippen molar-refractivity contribution in [1.29, 1.82) is 0 Å². The second-order valence-electron chi connectivity index (χ2n) is 7.29. The van der Waals surface area contributed by atoms with Crippen LogP contribution in [0.15, 0.2) is 18.3 Å². The summed E-state index contributed by atoms with van der Waals surface area (Å²) in [6, 6.07) is 4.05. The zero-order chi connectivity index (χ0) is 17.3. The summed E-state index contributed by atoms with van der Waals surface area (Å²) in [6.45, 7) is 8.72. The molecule has 1 aliphatic rings. The summed E-state index contributed by atoms with van der Waals surface area (Å²) in [5.41, 5.74) is 1.34. The van der Waals surface area contributed by atoms with Crippen LogP contribution in [0.3, 0.4) is 0 Å². The van der Waals surface area contributed by atoms with E-state index in [9.17, 15) is 4.79 Å². The number of carbonyl (C=O) groups is 1. The van der Waals surface area contributed by atoms with E-state index in [-0.39, 0.29) is 11.3 Å². The van der Waals surface area contributed by atoms with E-state index < -0.39 is 0 Å². The van der Waals surface area contributed by atoms with Crippen molar-refractivity contribution in [3.05, 3.63) is 29.7 Å². The van der Waals surface area contributed by atoms with Gasteiger partial charge in [0.1, 0.15) is 0 Å². The van der Waals surface area contributed by atoms with Gasteiger partial charge in [0.25, 0.3) is 5.91 Å². The Bertz CT molecular complexity index is 711. The quantitative estimate of drug-likeness (QED) is 0.891. The number of nitrogens with zero attached hydrogens (tertiary/aromatic N) is 6. The number of hydrogen-bond acceptors (Lipinski definition) is 6. The average Bonchev–Trinajstić information content (AvgIpc) is 2.91. The molecule has 0 atom stereocenters. The molecule has 1 amide bonds. The molecule has 2 aromatic rings. The Morgan fingerprint density at radius 2 is 2.00 bits per heavy atom. The van der Waals surface area contributed by atoms with Gasteiger partial charge in [-0.05, 0) is 12.1 Å². The van der Waals surface area contributed by atoms with Gasteiger partial charge in [-0.15, -0.1) is 10.2 Å². The molecule has 2 aromatic heterocycles. The molecule has 0 unspecified atom stereocenters. The number of rotatable bonds is 4. The van der Waals surface area contributed by atoms with E-state index in [0.29, 0.717) is 18.2 Å². The lowest BCUT2D eigenvalue weighted by atomic mass is 9.92. The highest BCUT2D eigenvalue weighted by Crippen LogP contribution is 2.24. The molecule has 0 saturated carbocycles. The molecule has 0 aliphatic carbocycles. The van der Waals surface area contributed by atoms with Crippen LogP contribution >= 0.6 is 0 Å². The fraction of sp³-hybridized carbons (Fsp3) is 0.562. The Labute approximate surface area is 141 Å². The van der Waals surface area contributed by atoms with Crippen molar-refractivity contribution in [3.63, 3.8) is 0 Å². The predicted octanol–water partition coefficient (Wildman–Crippen LogP) is 0.769. The smallest absolute Gasteiger partial charge is 0.273 e. The van der Waals surface area contributed by atoms with Gasteiger partial charge in [-0.2, -0.15) is 5.10 Å². The highest BCUT2D eigenvalue weighted by atomic mass is 16.2. The van der Waals surface area contributed by atoms with Gasteiger partial charge in [0.15, 0.2) is 11.5 Å². The molecule has 1 N–H and O–H groups in total. The Hall–Kier alpha value is -2.51. The number of anilines is 1. The molecule has 1 fully saturated rings. The molecule has 3 rings (SSSR count). The maximum atomic E-state index is 11.9. The lowest BCUT2D eigenvalue weighted by molar-refractivity contribution is 0.0939. The molecule has 1 aliphatic heterocycles. The first kappa shape index (κ1) is 16.4. The molecule has 0 aromatic carbocycles. The molecule has 0 bridgehead atoms. The molecular weight excluding hydrogens is 306 g/mol. The van der Waals surface area contributed by atoms with Crippen molar-refractivity contribution in [2.24, 2.45) is 13.0 Å². The summed E-state index contributed by atoms with van der Waals surface area (Å²) >= 11 is 0. The first-order chi connectivity index (χ1) is 11.3. The van der Waals surface area contributed by atoms with Crippen molar-refractivity contribution in [2.75, 3.05) is 24.5 Å². The third-order valence-corrected chi connectivity index (χ3v) is 4.09. The van der Waals surface area contributed by atoms with Crippen LogP contribution in [0.1, 0.15) is 37.0 Å². The fourth-order valence-corrected chi connectivity index (χ4v) is 2.56. The minimum absolute atomic E-state index is 0.00756. The van der Waals surface area contributed by atoms with Gasteiger partial charge in [-0.1, -0.05) is 26.0 Å². The molecule has 0 spiro atoms. The number of hydrogen-bond donors (Lipinski definition) is 1. The van der Waals surface area contributed by atoms with Crippen LogP contribution < -0.4 is 10.2 Å². The molecule has 24 heavy (non-hydrogen) atoms. The number of carbonyl (C=O) groups excluding carboxylic acids is 1. The van der Waals surface area contributed by atoms with Gasteiger partial charge in [0, 0.05) is 38.0 Å². The predicted molar refractivity (Wildman–Crippen MR) is 89.8 cm³/mol. The summed E-state index contributed by atoms with van der Waals surface area (Å²) < 4.78 is 1.51. The number of amides is 1. The Kier molecular flexibility index (Phi) is 4.21. The van der Waals surface area contributed by atoms with Crippen molar-refractivity contribution < 1.29 is 4.79 Å². The maximum Gasteiger partial charge on any atom is 0.273 e. The molecule has 3 heterocycles. The highest BCUT2D eigenvalue weighted by molar-refractivity contribution is 5.91.